The summed E-state index contributed by atoms with van der Waals surface area (Å²) in [6.07, 6.45) is 0. The van der Waals surface area contributed by atoms with Gasteiger partial charge in [0.15, 0.2) is 5.75 Å². The van der Waals surface area contributed by atoms with Gasteiger partial charge in [0, 0.05) is 9.13 Å². The Morgan fingerprint density at radius 2 is 1.71 bits per heavy atom. The van der Waals surface area contributed by atoms with E-state index in [1.807, 2.05) is 73.7 Å². The summed E-state index contributed by atoms with van der Waals surface area (Å²) in [6.45, 7) is 2.03. The van der Waals surface area contributed by atoms with E-state index in [1.54, 1.807) is 6.07 Å². The molecule has 0 saturated heterocycles. The highest BCUT2D eigenvalue weighted by Crippen LogP contribution is 2.29. The number of carbonyl (C=O) groups excluding carboxylic acids is 1. The van der Waals surface area contributed by atoms with Gasteiger partial charge in [-0.2, -0.15) is 0 Å². The van der Waals surface area contributed by atoms with Crippen LogP contribution in [0.4, 0.5) is 5.69 Å². The van der Waals surface area contributed by atoms with Crippen LogP contribution in [0.1, 0.15) is 15.9 Å². The number of nitrogens with one attached hydrogen (secondary N) is 1. The van der Waals surface area contributed by atoms with E-state index in [4.69, 9.17) is 4.74 Å². The third-order valence-corrected chi connectivity index (χ3v) is 4.14. The third kappa shape index (κ3) is 4.14. The van der Waals surface area contributed by atoms with Crippen molar-refractivity contribution < 1.29 is 9.53 Å². The van der Waals surface area contributed by atoms with E-state index < -0.39 is 0 Å². The Hall–Kier alpha value is -2.34. The number of aryl methyl sites for hydroxylation is 1. The van der Waals surface area contributed by atoms with Crippen molar-refractivity contribution in [2.75, 3.05) is 5.32 Å². The van der Waals surface area contributed by atoms with E-state index in [0.29, 0.717) is 17.0 Å². The van der Waals surface area contributed by atoms with Crippen molar-refractivity contribution in [3.63, 3.8) is 0 Å². The number of halogens is 1. The summed E-state index contributed by atoms with van der Waals surface area (Å²) in [6, 6.07) is 22.7. The first-order valence-electron chi connectivity index (χ1n) is 7.52. The number of para-hydroxylation sites is 2. The van der Waals surface area contributed by atoms with Crippen molar-refractivity contribution in [3.05, 3.63) is 87.5 Å². The Morgan fingerprint density at radius 1 is 0.958 bits per heavy atom. The number of hydrogen-bond donors (Lipinski definition) is 1. The van der Waals surface area contributed by atoms with Crippen LogP contribution in [0.2, 0.25) is 0 Å². The number of benzene rings is 3. The quantitative estimate of drug-likeness (QED) is 0.545. The molecule has 0 saturated carbocycles. The molecule has 0 aliphatic heterocycles. The molecule has 0 heterocycles. The van der Waals surface area contributed by atoms with E-state index in [0.717, 1.165) is 9.32 Å². The molecule has 120 valence electrons. The van der Waals surface area contributed by atoms with Crippen LogP contribution in [0, 0.1) is 10.5 Å². The third-order valence-electron chi connectivity index (χ3n) is 3.47. The Kier molecular flexibility index (Phi) is 5.15. The van der Waals surface area contributed by atoms with Crippen molar-refractivity contribution in [3.8, 4) is 11.5 Å². The number of amides is 1. The van der Waals surface area contributed by atoms with Gasteiger partial charge in [-0.15, -0.1) is 0 Å². The van der Waals surface area contributed by atoms with Crippen LogP contribution in [0.5, 0.6) is 11.5 Å². The van der Waals surface area contributed by atoms with E-state index in [1.165, 1.54) is 5.56 Å². The summed E-state index contributed by atoms with van der Waals surface area (Å²) in [7, 11) is 0. The highest BCUT2D eigenvalue weighted by Gasteiger charge is 2.10. The van der Waals surface area contributed by atoms with Crippen LogP contribution in [0.25, 0.3) is 0 Å². The molecule has 0 atom stereocenters. The molecule has 24 heavy (non-hydrogen) atoms. The molecule has 0 aromatic heterocycles. The van der Waals surface area contributed by atoms with Gasteiger partial charge in [0.25, 0.3) is 5.91 Å². The molecule has 3 rings (SSSR count). The predicted octanol–water partition coefficient (Wildman–Crippen LogP) is 5.64. The van der Waals surface area contributed by atoms with Gasteiger partial charge in [-0.25, -0.2) is 0 Å². The van der Waals surface area contributed by atoms with E-state index in [-0.39, 0.29) is 5.91 Å². The first-order valence-corrected chi connectivity index (χ1v) is 8.60. The minimum Gasteiger partial charge on any atom is -0.455 e. The average Bonchev–Trinajstić information content (AvgIpc) is 2.58. The van der Waals surface area contributed by atoms with Gasteiger partial charge in [0.2, 0.25) is 0 Å². The molecule has 0 bridgehead atoms. The number of rotatable bonds is 4. The molecule has 0 radical (unpaired) electrons. The van der Waals surface area contributed by atoms with Crippen molar-refractivity contribution in [1.82, 2.24) is 0 Å². The maximum atomic E-state index is 12.4. The second-order valence-electron chi connectivity index (χ2n) is 5.38. The highest BCUT2D eigenvalue weighted by atomic mass is 127. The molecule has 0 aliphatic carbocycles. The SMILES string of the molecule is Cc1ccc(Oc2ccccc2NC(=O)c2cccc(I)c2)cc1. The summed E-state index contributed by atoms with van der Waals surface area (Å²) in [5.74, 6) is 1.19. The average molecular weight is 429 g/mol. The lowest BCUT2D eigenvalue weighted by molar-refractivity contribution is 0.102. The largest absolute Gasteiger partial charge is 0.455 e. The Labute approximate surface area is 154 Å². The standard InChI is InChI=1S/C20H16INO2/c1-14-9-11-17(12-10-14)24-19-8-3-2-7-18(19)22-20(23)15-5-4-6-16(21)13-15/h2-13H,1H3,(H,22,23). The van der Waals surface area contributed by atoms with Crippen molar-refractivity contribution >= 4 is 34.2 Å². The van der Waals surface area contributed by atoms with Crippen LogP contribution in [-0.4, -0.2) is 5.91 Å². The van der Waals surface area contributed by atoms with Crippen molar-refractivity contribution in [2.45, 2.75) is 6.92 Å². The lowest BCUT2D eigenvalue weighted by atomic mass is 10.2. The Morgan fingerprint density at radius 3 is 2.46 bits per heavy atom. The fourth-order valence-corrected chi connectivity index (χ4v) is 2.76. The van der Waals surface area contributed by atoms with Gasteiger partial charge in [-0.1, -0.05) is 35.9 Å². The number of carbonyl (C=O) groups is 1. The van der Waals surface area contributed by atoms with Crippen LogP contribution in [-0.2, 0) is 0 Å². The van der Waals surface area contributed by atoms with Crippen LogP contribution in [0.3, 0.4) is 0 Å². The fraction of sp³-hybridized carbons (Fsp3) is 0.0500. The number of hydrogen-bond acceptors (Lipinski definition) is 2. The molecule has 4 heteroatoms. The monoisotopic (exact) mass is 429 g/mol. The lowest BCUT2D eigenvalue weighted by Crippen LogP contribution is -2.12. The van der Waals surface area contributed by atoms with Crippen molar-refractivity contribution in [2.24, 2.45) is 0 Å². The van der Waals surface area contributed by atoms with Crippen LogP contribution < -0.4 is 10.1 Å². The van der Waals surface area contributed by atoms with Gasteiger partial charge in [0.1, 0.15) is 5.75 Å². The summed E-state index contributed by atoms with van der Waals surface area (Å²) < 4.78 is 6.93. The molecule has 0 unspecified atom stereocenters. The second-order valence-corrected chi connectivity index (χ2v) is 6.62. The zero-order valence-electron chi connectivity index (χ0n) is 13.1. The first-order chi connectivity index (χ1) is 11.6. The van der Waals surface area contributed by atoms with E-state index in [9.17, 15) is 4.79 Å². The molecule has 1 N–H and O–H groups in total. The predicted molar refractivity (Wildman–Crippen MR) is 105 cm³/mol. The van der Waals surface area contributed by atoms with Crippen LogP contribution >= 0.6 is 22.6 Å². The molecule has 1 amide bonds. The van der Waals surface area contributed by atoms with E-state index in [2.05, 4.69) is 27.9 Å². The lowest BCUT2D eigenvalue weighted by Gasteiger charge is -2.12. The zero-order valence-corrected chi connectivity index (χ0v) is 15.3. The van der Waals surface area contributed by atoms with Gasteiger partial charge in [-0.3, -0.25) is 4.79 Å². The smallest absolute Gasteiger partial charge is 0.255 e. The van der Waals surface area contributed by atoms with Crippen LogP contribution in [0.15, 0.2) is 72.8 Å². The van der Waals surface area contributed by atoms with Gasteiger partial charge >= 0.3 is 0 Å². The summed E-state index contributed by atoms with van der Waals surface area (Å²) >= 11 is 2.19. The Balaban J connectivity index is 1.81. The van der Waals surface area contributed by atoms with Gasteiger partial charge in [0.05, 0.1) is 5.69 Å². The van der Waals surface area contributed by atoms with Crippen molar-refractivity contribution in [1.29, 1.82) is 0 Å². The highest BCUT2D eigenvalue weighted by molar-refractivity contribution is 14.1. The summed E-state index contributed by atoms with van der Waals surface area (Å²) in [5, 5.41) is 2.92. The molecule has 3 nitrogen and oxygen atoms in total. The van der Waals surface area contributed by atoms with E-state index >= 15 is 0 Å². The molecular formula is C20H16INO2. The minimum absolute atomic E-state index is 0.159. The maximum absolute atomic E-state index is 12.4. The topological polar surface area (TPSA) is 38.3 Å². The minimum atomic E-state index is -0.159. The molecule has 3 aromatic rings. The maximum Gasteiger partial charge on any atom is 0.255 e. The van der Waals surface area contributed by atoms with Gasteiger partial charge < -0.3 is 10.1 Å². The summed E-state index contributed by atoms with van der Waals surface area (Å²) in [5.41, 5.74) is 2.43. The molecule has 0 aliphatic rings. The molecule has 0 fully saturated rings. The normalized spacial score (nSPS) is 10.2. The second kappa shape index (κ2) is 7.49. The first kappa shape index (κ1) is 16.5. The Bertz CT molecular complexity index is 860. The zero-order chi connectivity index (χ0) is 16.9. The number of ether oxygens (including phenoxy) is 1. The number of anilines is 1. The molecule has 3 aromatic carbocycles. The molecular weight excluding hydrogens is 413 g/mol. The fourth-order valence-electron chi connectivity index (χ4n) is 2.22. The summed E-state index contributed by atoms with van der Waals surface area (Å²) in [4.78, 5) is 12.4. The van der Waals surface area contributed by atoms with Gasteiger partial charge in [-0.05, 0) is 72.0 Å². The molecule has 0 spiro atoms.